The lowest BCUT2D eigenvalue weighted by Gasteiger charge is -2.32. The van der Waals surface area contributed by atoms with Gasteiger partial charge in [-0.3, -0.25) is 0 Å². The van der Waals surface area contributed by atoms with E-state index in [9.17, 15) is 9.18 Å². The van der Waals surface area contributed by atoms with E-state index >= 15 is 0 Å². The van der Waals surface area contributed by atoms with Crippen molar-refractivity contribution in [1.29, 1.82) is 0 Å². The first kappa shape index (κ1) is 14.2. The zero-order valence-corrected chi connectivity index (χ0v) is 11.7. The quantitative estimate of drug-likeness (QED) is 0.886. The molecule has 1 aliphatic rings. The molecule has 5 heteroatoms. The second kappa shape index (κ2) is 6.28. The molecule has 2 unspecified atom stereocenters. The van der Waals surface area contributed by atoms with Gasteiger partial charge < -0.3 is 10.4 Å². The molecule has 1 aliphatic carbocycles. The summed E-state index contributed by atoms with van der Waals surface area (Å²) in [5, 5.41) is 12.8. The van der Waals surface area contributed by atoms with Crippen LogP contribution in [0.5, 0.6) is 0 Å². The van der Waals surface area contributed by atoms with E-state index in [2.05, 4.69) is 11.6 Å². The Morgan fingerprint density at radius 3 is 2.84 bits per heavy atom. The number of carboxylic acid groups (broad SMARTS) is 1. The summed E-state index contributed by atoms with van der Waals surface area (Å²) < 4.78 is 13.6. The molecule has 19 heavy (non-hydrogen) atoms. The molecule has 0 aromatic heterocycles. The number of anilines is 1. The molecule has 0 saturated heterocycles. The molecule has 0 heterocycles. The Hall–Kier alpha value is -1.23. The molecule has 2 N–H and O–H groups in total. The van der Waals surface area contributed by atoms with E-state index in [0.29, 0.717) is 10.9 Å². The third kappa shape index (κ3) is 3.21. The Morgan fingerprint density at radius 2 is 2.16 bits per heavy atom. The third-order valence-corrected chi connectivity index (χ3v) is 4.74. The Kier molecular flexibility index (Phi) is 4.69. The van der Waals surface area contributed by atoms with Crippen molar-refractivity contribution >= 4 is 23.4 Å². The average molecular weight is 283 g/mol. The van der Waals surface area contributed by atoms with Crippen LogP contribution in [-0.2, 0) is 0 Å². The molecule has 0 aliphatic heterocycles. The maximum absolute atomic E-state index is 13.6. The average Bonchev–Trinajstić information content (AvgIpc) is 2.39. The van der Waals surface area contributed by atoms with Gasteiger partial charge in [-0.15, -0.1) is 0 Å². The van der Waals surface area contributed by atoms with Crippen LogP contribution in [0.15, 0.2) is 18.2 Å². The fourth-order valence-electron chi connectivity index (χ4n) is 2.61. The molecule has 1 aromatic rings. The van der Waals surface area contributed by atoms with Crippen LogP contribution in [0.2, 0.25) is 0 Å². The van der Waals surface area contributed by atoms with Crippen molar-refractivity contribution in [2.24, 2.45) is 0 Å². The van der Waals surface area contributed by atoms with E-state index in [1.165, 1.54) is 12.5 Å². The highest BCUT2D eigenvalue weighted by atomic mass is 32.2. The molecule has 0 amide bonds. The Balaban J connectivity index is 2.22. The molecular formula is C14H18FNO2S. The SMILES string of the molecule is CSC1CCCCC1Nc1cccc(F)c1C(=O)O. The van der Waals surface area contributed by atoms with Gasteiger partial charge in [0.25, 0.3) is 0 Å². The van der Waals surface area contributed by atoms with Crippen molar-refractivity contribution in [1.82, 2.24) is 0 Å². The molecule has 0 bridgehead atoms. The zero-order chi connectivity index (χ0) is 13.8. The lowest BCUT2D eigenvalue weighted by atomic mass is 9.94. The van der Waals surface area contributed by atoms with Gasteiger partial charge in [0.1, 0.15) is 11.4 Å². The highest BCUT2D eigenvalue weighted by Gasteiger charge is 2.26. The topological polar surface area (TPSA) is 49.3 Å². The maximum Gasteiger partial charge on any atom is 0.340 e. The molecule has 0 radical (unpaired) electrons. The zero-order valence-electron chi connectivity index (χ0n) is 10.9. The lowest BCUT2D eigenvalue weighted by Crippen LogP contribution is -2.34. The molecule has 1 saturated carbocycles. The fourth-order valence-corrected chi connectivity index (χ4v) is 3.54. The molecular weight excluding hydrogens is 265 g/mol. The second-order valence-electron chi connectivity index (χ2n) is 4.78. The highest BCUT2D eigenvalue weighted by Crippen LogP contribution is 2.31. The number of thioether (sulfide) groups is 1. The van der Waals surface area contributed by atoms with Crippen molar-refractivity contribution in [3.63, 3.8) is 0 Å². The number of nitrogens with one attached hydrogen (secondary N) is 1. The van der Waals surface area contributed by atoms with Crippen LogP contribution in [0.25, 0.3) is 0 Å². The number of halogens is 1. The largest absolute Gasteiger partial charge is 0.478 e. The van der Waals surface area contributed by atoms with E-state index in [1.807, 2.05) is 0 Å². The van der Waals surface area contributed by atoms with Gasteiger partial charge in [0, 0.05) is 11.3 Å². The number of hydrogen-bond donors (Lipinski definition) is 2. The van der Waals surface area contributed by atoms with Crippen LogP contribution < -0.4 is 5.32 Å². The summed E-state index contributed by atoms with van der Waals surface area (Å²) in [4.78, 5) is 11.2. The molecule has 3 nitrogen and oxygen atoms in total. The molecule has 104 valence electrons. The number of rotatable bonds is 4. The smallest absolute Gasteiger partial charge is 0.340 e. The van der Waals surface area contributed by atoms with Gasteiger partial charge in [-0.2, -0.15) is 11.8 Å². The molecule has 2 rings (SSSR count). The summed E-state index contributed by atoms with van der Waals surface area (Å²) in [7, 11) is 0. The van der Waals surface area contributed by atoms with Crippen LogP contribution in [0.3, 0.4) is 0 Å². The summed E-state index contributed by atoms with van der Waals surface area (Å²) >= 11 is 1.79. The number of hydrogen-bond acceptors (Lipinski definition) is 3. The summed E-state index contributed by atoms with van der Waals surface area (Å²) in [5.74, 6) is -1.91. The van der Waals surface area contributed by atoms with Crippen LogP contribution in [0, 0.1) is 5.82 Å². The van der Waals surface area contributed by atoms with Gasteiger partial charge in [-0.25, -0.2) is 9.18 Å². The van der Waals surface area contributed by atoms with Crippen LogP contribution >= 0.6 is 11.8 Å². The molecule has 2 atom stereocenters. The summed E-state index contributed by atoms with van der Waals surface area (Å²) in [6, 6.07) is 4.57. The van der Waals surface area contributed by atoms with E-state index in [1.54, 1.807) is 23.9 Å². The minimum Gasteiger partial charge on any atom is -0.478 e. The Labute approximate surface area is 116 Å². The van der Waals surface area contributed by atoms with Crippen molar-refractivity contribution in [3.05, 3.63) is 29.6 Å². The fraction of sp³-hybridized carbons (Fsp3) is 0.500. The van der Waals surface area contributed by atoms with Gasteiger partial charge in [-0.05, 0) is 31.2 Å². The monoisotopic (exact) mass is 283 g/mol. The second-order valence-corrected chi connectivity index (χ2v) is 5.85. The first-order valence-corrected chi connectivity index (χ1v) is 7.73. The van der Waals surface area contributed by atoms with Crippen molar-refractivity contribution in [3.8, 4) is 0 Å². The standard InChI is InChI=1S/C14H18FNO2S/c1-19-12-8-3-2-6-10(12)16-11-7-4-5-9(15)13(11)14(17)18/h4-5,7,10,12,16H,2-3,6,8H2,1H3,(H,17,18). The van der Waals surface area contributed by atoms with Crippen molar-refractivity contribution in [2.45, 2.75) is 37.0 Å². The van der Waals surface area contributed by atoms with Gasteiger partial charge in [0.15, 0.2) is 0 Å². The van der Waals surface area contributed by atoms with Crippen LogP contribution in [0.4, 0.5) is 10.1 Å². The van der Waals surface area contributed by atoms with Gasteiger partial charge in [0.2, 0.25) is 0 Å². The van der Waals surface area contributed by atoms with Crippen molar-refractivity contribution < 1.29 is 14.3 Å². The summed E-state index contributed by atoms with van der Waals surface area (Å²) in [5.41, 5.74) is 0.131. The maximum atomic E-state index is 13.6. The minimum atomic E-state index is -1.22. The van der Waals surface area contributed by atoms with Crippen LogP contribution in [0.1, 0.15) is 36.0 Å². The van der Waals surface area contributed by atoms with Gasteiger partial charge in [-0.1, -0.05) is 18.9 Å². The number of aromatic carboxylic acids is 1. The molecule has 0 spiro atoms. The van der Waals surface area contributed by atoms with E-state index in [0.717, 1.165) is 19.3 Å². The summed E-state index contributed by atoms with van der Waals surface area (Å²) in [6.07, 6.45) is 6.52. The predicted molar refractivity (Wildman–Crippen MR) is 76.5 cm³/mol. The highest BCUT2D eigenvalue weighted by molar-refractivity contribution is 7.99. The number of carbonyl (C=O) groups is 1. The minimum absolute atomic E-state index is 0.212. The van der Waals surface area contributed by atoms with Crippen molar-refractivity contribution in [2.75, 3.05) is 11.6 Å². The third-order valence-electron chi connectivity index (χ3n) is 3.57. The Bertz CT molecular complexity index is 467. The number of benzene rings is 1. The van der Waals surface area contributed by atoms with Gasteiger partial charge in [0.05, 0.1) is 5.69 Å². The first-order valence-electron chi connectivity index (χ1n) is 6.44. The number of carboxylic acids is 1. The summed E-state index contributed by atoms with van der Waals surface area (Å²) in [6.45, 7) is 0. The predicted octanol–water partition coefficient (Wildman–Crippen LogP) is 3.61. The normalized spacial score (nSPS) is 23.1. The first-order chi connectivity index (χ1) is 9.13. The Morgan fingerprint density at radius 1 is 1.42 bits per heavy atom. The molecule has 1 fully saturated rings. The van der Waals surface area contributed by atoms with E-state index in [4.69, 9.17) is 5.11 Å². The van der Waals surface area contributed by atoms with Crippen LogP contribution in [-0.4, -0.2) is 28.6 Å². The van der Waals surface area contributed by atoms with E-state index in [-0.39, 0.29) is 11.6 Å². The van der Waals surface area contributed by atoms with E-state index < -0.39 is 11.8 Å². The lowest BCUT2D eigenvalue weighted by molar-refractivity contribution is 0.0693. The molecule has 1 aromatic carbocycles. The van der Waals surface area contributed by atoms with Gasteiger partial charge >= 0.3 is 5.97 Å².